The number of hydrogen-bond acceptors (Lipinski definition) is 4. The zero-order valence-electron chi connectivity index (χ0n) is 10.6. The molecule has 1 N–H and O–H groups in total. The third-order valence-corrected chi connectivity index (χ3v) is 3.40. The molecule has 20 heavy (non-hydrogen) atoms. The lowest BCUT2D eigenvalue weighted by Crippen LogP contribution is -2.08. The van der Waals surface area contributed by atoms with Crippen molar-refractivity contribution in [3.8, 4) is 5.75 Å². The van der Waals surface area contributed by atoms with E-state index in [0.29, 0.717) is 20.3 Å². The van der Waals surface area contributed by atoms with Gasteiger partial charge in [-0.2, -0.15) is 0 Å². The molecule has 0 fully saturated rings. The first kappa shape index (κ1) is 16.7. The molecule has 0 atom stereocenters. The zero-order chi connectivity index (χ0) is 15.1. The van der Waals surface area contributed by atoms with Crippen molar-refractivity contribution in [2.24, 2.45) is 0 Å². The summed E-state index contributed by atoms with van der Waals surface area (Å²) < 4.78 is 11.3. The van der Waals surface area contributed by atoms with Gasteiger partial charge in [-0.1, -0.05) is 0 Å². The number of ether oxygens (including phenoxy) is 2. The van der Waals surface area contributed by atoms with E-state index in [1.807, 2.05) is 0 Å². The Bertz CT molecular complexity index is 517. The number of hydrogen-bond donors (Lipinski definition) is 1. The van der Waals surface area contributed by atoms with Crippen molar-refractivity contribution >= 4 is 49.9 Å². The monoisotopic (exact) mass is 406 g/mol. The summed E-state index contributed by atoms with van der Waals surface area (Å²) in [5.74, 6) is -0.824. The van der Waals surface area contributed by atoms with E-state index in [-0.39, 0.29) is 19.0 Å². The third kappa shape index (κ3) is 5.34. The summed E-state index contributed by atoms with van der Waals surface area (Å²) in [5, 5.41) is 8.58. The van der Waals surface area contributed by atoms with Gasteiger partial charge in [0.2, 0.25) is 0 Å². The number of esters is 1. The molecule has 0 bridgehead atoms. The van der Waals surface area contributed by atoms with Gasteiger partial charge in [0.1, 0.15) is 5.75 Å². The van der Waals surface area contributed by atoms with Crippen molar-refractivity contribution in [1.29, 1.82) is 0 Å². The van der Waals surface area contributed by atoms with Crippen LogP contribution in [-0.4, -0.2) is 30.8 Å². The molecule has 0 aliphatic carbocycles. The summed E-state index contributed by atoms with van der Waals surface area (Å²) >= 11 is 6.67. The van der Waals surface area contributed by atoms with Gasteiger partial charge >= 0.3 is 11.9 Å². The van der Waals surface area contributed by atoms with Crippen molar-refractivity contribution in [1.82, 2.24) is 0 Å². The molecule has 0 spiro atoms. The Hall–Kier alpha value is -1.34. The Morgan fingerprint density at radius 2 is 1.90 bits per heavy atom. The largest absolute Gasteiger partial charge is 0.491 e. The van der Waals surface area contributed by atoms with E-state index in [0.717, 1.165) is 6.08 Å². The van der Waals surface area contributed by atoms with Gasteiger partial charge in [-0.25, -0.2) is 4.79 Å². The van der Waals surface area contributed by atoms with Gasteiger partial charge in [0.25, 0.3) is 0 Å². The number of rotatable bonds is 6. The topological polar surface area (TPSA) is 72.8 Å². The fourth-order valence-electron chi connectivity index (χ4n) is 1.32. The molecule has 1 aromatic carbocycles. The lowest BCUT2D eigenvalue weighted by molar-refractivity contribution is -0.141. The molecule has 5 nitrogen and oxygen atoms in total. The van der Waals surface area contributed by atoms with Crippen molar-refractivity contribution in [2.75, 3.05) is 13.7 Å². The maximum atomic E-state index is 11.0. The van der Waals surface area contributed by atoms with Crippen LogP contribution in [0.2, 0.25) is 0 Å². The van der Waals surface area contributed by atoms with Crippen LogP contribution in [0.5, 0.6) is 5.75 Å². The SMILES string of the molecule is COC(=O)CCOc1c(Br)cc(/C=C/C(=O)O)cc1Br. The second-order valence-corrected chi connectivity index (χ2v) is 5.37. The Morgan fingerprint density at radius 1 is 1.30 bits per heavy atom. The number of benzene rings is 1. The van der Waals surface area contributed by atoms with Gasteiger partial charge < -0.3 is 14.6 Å². The maximum absolute atomic E-state index is 11.0. The lowest BCUT2D eigenvalue weighted by atomic mass is 10.2. The molecule has 1 rings (SSSR count). The molecular formula is C13H12Br2O5. The summed E-state index contributed by atoms with van der Waals surface area (Å²) in [6.07, 6.45) is 2.66. The van der Waals surface area contributed by atoms with Gasteiger partial charge in [-0.3, -0.25) is 4.79 Å². The number of carboxylic acids is 1. The standard InChI is InChI=1S/C13H12Br2O5/c1-19-12(18)4-5-20-13-9(14)6-8(7-10(13)15)2-3-11(16)17/h2-3,6-7H,4-5H2,1H3,(H,16,17)/b3-2+. The number of aliphatic carboxylic acids is 1. The van der Waals surface area contributed by atoms with Crippen LogP contribution in [0.1, 0.15) is 12.0 Å². The second-order valence-electron chi connectivity index (χ2n) is 3.66. The quantitative estimate of drug-likeness (QED) is 0.578. The van der Waals surface area contributed by atoms with Crippen molar-refractivity contribution < 1.29 is 24.2 Å². The van der Waals surface area contributed by atoms with E-state index in [1.54, 1.807) is 12.1 Å². The van der Waals surface area contributed by atoms with Gasteiger partial charge in [-0.15, -0.1) is 0 Å². The summed E-state index contributed by atoms with van der Waals surface area (Å²) in [5.41, 5.74) is 0.700. The minimum absolute atomic E-state index is 0.149. The average molecular weight is 408 g/mol. The van der Waals surface area contributed by atoms with Crippen LogP contribution in [0.25, 0.3) is 6.08 Å². The van der Waals surface area contributed by atoms with E-state index < -0.39 is 5.97 Å². The van der Waals surface area contributed by atoms with Crippen LogP contribution < -0.4 is 4.74 Å². The summed E-state index contributed by atoms with van der Waals surface area (Å²) in [6.45, 7) is 0.189. The van der Waals surface area contributed by atoms with Crippen LogP contribution in [0.3, 0.4) is 0 Å². The molecule has 1 aromatic rings. The van der Waals surface area contributed by atoms with E-state index >= 15 is 0 Å². The normalized spacial score (nSPS) is 10.6. The summed E-state index contributed by atoms with van der Waals surface area (Å²) in [6, 6.07) is 3.44. The molecule has 0 amide bonds. The van der Waals surface area contributed by atoms with Gasteiger partial charge in [-0.05, 0) is 55.6 Å². The van der Waals surface area contributed by atoms with Crippen molar-refractivity contribution in [3.05, 3.63) is 32.7 Å². The van der Waals surface area contributed by atoms with Crippen LogP contribution >= 0.6 is 31.9 Å². The Labute approximate surface area is 132 Å². The van der Waals surface area contributed by atoms with E-state index in [9.17, 15) is 9.59 Å². The first-order valence-electron chi connectivity index (χ1n) is 5.53. The number of carboxylic acid groups (broad SMARTS) is 1. The smallest absolute Gasteiger partial charge is 0.328 e. The van der Waals surface area contributed by atoms with Crippen molar-refractivity contribution in [3.63, 3.8) is 0 Å². The molecule has 0 aromatic heterocycles. The molecule has 0 radical (unpaired) electrons. The Kier molecular flexibility index (Phi) is 6.74. The summed E-state index contributed by atoms with van der Waals surface area (Å²) in [7, 11) is 1.32. The predicted octanol–water partition coefficient (Wildman–Crippen LogP) is 3.25. The minimum atomic E-state index is -1.02. The summed E-state index contributed by atoms with van der Waals surface area (Å²) in [4.78, 5) is 21.4. The van der Waals surface area contributed by atoms with Crippen LogP contribution in [-0.2, 0) is 14.3 Å². The second kappa shape index (κ2) is 8.06. The molecule has 0 heterocycles. The van der Waals surface area contributed by atoms with Crippen LogP contribution in [0.4, 0.5) is 0 Å². The van der Waals surface area contributed by atoms with Gasteiger partial charge in [0.15, 0.2) is 0 Å². The fourth-order valence-corrected chi connectivity index (χ4v) is 2.77. The molecular weight excluding hydrogens is 396 g/mol. The van der Waals surface area contributed by atoms with Crippen LogP contribution in [0.15, 0.2) is 27.2 Å². The highest BCUT2D eigenvalue weighted by atomic mass is 79.9. The van der Waals surface area contributed by atoms with E-state index in [4.69, 9.17) is 9.84 Å². The fraction of sp³-hybridized carbons (Fsp3) is 0.231. The van der Waals surface area contributed by atoms with Crippen molar-refractivity contribution in [2.45, 2.75) is 6.42 Å². The molecule has 0 aliphatic rings. The maximum Gasteiger partial charge on any atom is 0.328 e. The first-order valence-corrected chi connectivity index (χ1v) is 7.12. The molecule has 0 aliphatic heterocycles. The molecule has 108 valence electrons. The number of methoxy groups -OCH3 is 1. The number of halogens is 2. The number of carbonyl (C=O) groups excluding carboxylic acids is 1. The Balaban J connectivity index is 2.79. The molecule has 0 unspecified atom stereocenters. The Morgan fingerprint density at radius 3 is 2.40 bits per heavy atom. The lowest BCUT2D eigenvalue weighted by Gasteiger charge is -2.10. The van der Waals surface area contributed by atoms with Gasteiger partial charge in [0.05, 0.1) is 29.1 Å². The highest BCUT2D eigenvalue weighted by molar-refractivity contribution is 9.11. The van der Waals surface area contributed by atoms with Crippen LogP contribution in [0, 0.1) is 0 Å². The number of carbonyl (C=O) groups is 2. The van der Waals surface area contributed by atoms with E-state index in [2.05, 4.69) is 36.6 Å². The molecule has 7 heteroatoms. The molecule has 0 saturated carbocycles. The molecule has 0 saturated heterocycles. The zero-order valence-corrected chi connectivity index (χ0v) is 13.7. The first-order chi connectivity index (χ1) is 9.43. The highest BCUT2D eigenvalue weighted by Gasteiger charge is 2.09. The third-order valence-electron chi connectivity index (χ3n) is 2.22. The average Bonchev–Trinajstić information content (AvgIpc) is 2.39. The highest BCUT2D eigenvalue weighted by Crippen LogP contribution is 2.35. The minimum Gasteiger partial charge on any atom is -0.491 e. The van der Waals surface area contributed by atoms with E-state index in [1.165, 1.54) is 13.2 Å². The predicted molar refractivity (Wildman–Crippen MR) is 80.6 cm³/mol. The van der Waals surface area contributed by atoms with Gasteiger partial charge in [0, 0.05) is 6.08 Å².